The Morgan fingerprint density at radius 3 is 2.24 bits per heavy atom. The van der Waals surface area contributed by atoms with Gasteiger partial charge in [-0.25, -0.2) is 8.98 Å². The first-order valence-electron chi connectivity index (χ1n) is 6.33. The fraction of sp³-hybridized carbons (Fsp3) is 0.909. The Morgan fingerprint density at radius 2 is 1.76 bits per heavy atom. The number of carbonyl (C=O) groups is 1. The van der Waals surface area contributed by atoms with Gasteiger partial charge in [0.05, 0.1) is 0 Å². The number of likely N-dealkylation sites (tertiary alicyclic amines) is 1. The zero-order chi connectivity index (χ0) is 16.5. The normalized spacial score (nSPS) is 21.2. The molecule has 0 aromatic carbocycles. The second-order valence-corrected chi connectivity index (χ2v) is 7.18. The van der Waals surface area contributed by atoms with Crippen molar-refractivity contribution in [2.45, 2.75) is 57.4 Å². The molecule has 1 rings (SSSR count). The zero-order valence-corrected chi connectivity index (χ0v) is 12.8. The molecule has 0 bridgehead atoms. The molecule has 0 N–H and O–H groups in total. The number of hydrogen-bond donors (Lipinski definition) is 0. The molecule has 0 aromatic heterocycles. The molecule has 1 amide bonds. The van der Waals surface area contributed by atoms with Gasteiger partial charge in [-0.2, -0.15) is 21.6 Å². The van der Waals surface area contributed by atoms with Crippen LogP contribution in [-0.2, 0) is 19.0 Å². The lowest BCUT2D eigenvalue weighted by molar-refractivity contribution is -0.0744. The van der Waals surface area contributed by atoms with Crippen molar-refractivity contribution in [3.63, 3.8) is 0 Å². The number of alkyl halides is 3. The number of halogens is 3. The van der Waals surface area contributed by atoms with Crippen LogP contribution in [0.25, 0.3) is 0 Å². The summed E-state index contributed by atoms with van der Waals surface area (Å²) in [6, 6.07) is 0. The second kappa shape index (κ2) is 5.99. The minimum Gasteiger partial charge on any atom is -0.444 e. The van der Waals surface area contributed by atoms with Gasteiger partial charge in [-0.05, 0) is 40.0 Å². The van der Waals surface area contributed by atoms with Gasteiger partial charge in [0, 0.05) is 6.54 Å². The number of nitrogens with zero attached hydrogens (tertiary/aromatic N) is 1. The van der Waals surface area contributed by atoms with Crippen LogP contribution in [0, 0.1) is 0 Å². The van der Waals surface area contributed by atoms with Gasteiger partial charge in [0.2, 0.25) is 0 Å². The van der Waals surface area contributed by atoms with Crippen LogP contribution >= 0.6 is 0 Å². The molecule has 124 valence electrons. The summed E-state index contributed by atoms with van der Waals surface area (Å²) in [5.74, 6) is 0. The SMILES string of the molecule is CC(C)(C)OC(=O)N1CCCCC1OS(=O)(=O)C(F)(F)F. The lowest BCUT2D eigenvalue weighted by Gasteiger charge is -2.35. The fourth-order valence-corrected chi connectivity index (χ4v) is 2.33. The molecule has 1 saturated heterocycles. The summed E-state index contributed by atoms with van der Waals surface area (Å²) in [4.78, 5) is 12.8. The predicted octanol–water partition coefficient (Wildman–Crippen LogP) is 2.60. The van der Waals surface area contributed by atoms with Crippen molar-refractivity contribution in [3.8, 4) is 0 Å². The molecule has 6 nitrogen and oxygen atoms in total. The molecule has 1 aliphatic heterocycles. The topological polar surface area (TPSA) is 72.9 Å². The van der Waals surface area contributed by atoms with E-state index < -0.39 is 33.5 Å². The van der Waals surface area contributed by atoms with Crippen molar-refractivity contribution in [2.24, 2.45) is 0 Å². The Balaban J connectivity index is 2.86. The van der Waals surface area contributed by atoms with Gasteiger partial charge in [0.1, 0.15) is 5.60 Å². The smallest absolute Gasteiger partial charge is 0.444 e. The van der Waals surface area contributed by atoms with Crippen LogP contribution in [0.3, 0.4) is 0 Å². The van der Waals surface area contributed by atoms with E-state index in [0.717, 1.165) is 4.90 Å². The van der Waals surface area contributed by atoms with Crippen molar-refractivity contribution in [3.05, 3.63) is 0 Å². The molecule has 0 aromatic rings. The first kappa shape index (κ1) is 18.0. The van der Waals surface area contributed by atoms with Gasteiger partial charge in [-0.3, -0.25) is 4.90 Å². The standard InChI is InChI=1S/C11H18F3NO5S/c1-10(2,3)19-9(16)15-7-5-4-6-8(15)20-21(17,18)11(12,13)14/h8H,4-7H2,1-3H3. The molecule has 0 radical (unpaired) electrons. The van der Waals surface area contributed by atoms with Crippen LogP contribution in [0.5, 0.6) is 0 Å². The van der Waals surface area contributed by atoms with Gasteiger partial charge in [-0.1, -0.05) is 0 Å². The molecule has 10 heteroatoms. The summed E-state index contributed by atoms with van der Waals surface area (Å²) in [5, 5.41) is 0. The van der Waals surface area contributed by atoms with Crippen LogP contribution in [0.2, 0.25) is 0 Å². The fourth-order valence-electron chi connectivity index (χ4n) is 1.73. The highest BCUT2D eigenvalue weighted by molar-refractivity contribution is 7.87. The van der Waals surface area contributed by atoms with E-state index in [9.17, 15) is 26.4 Å². The minimum absolute atomic E-state index is 0.00540. The number of piperidine rings is 1. The lowest BCUT2D eigenvalue weighted by atomic mass is 10.1. The third-order valence-corrected chi connectivity index (χ3v) is 3.64. The van der Waals surface area contributed by atoms with E-state index in [-0.39, 0.29) is 13.0 Å². The third kappa shape index (κ3) is 5.03. The summed E-state index contributed by atoms with van der Waals surface area (Å²) >= 11 is 0. The van der Waals surface area contributed by atoms with Crippen molar-refractivity contribution in [1.82, 2.24) is 4.90 Å². The summed E-state index contributed by atoms with van der Waals surface area (Å²) in [5.41, 5.74) is -6.37. The quantitative estimate of drug-likeness (QED) is 0.574. The molecule has 21 heavy (non-hydrogen) atoms. The number of rotatable bonds is 2. The number of ether oxygens (including phenoxy) is 1. The van der Waals surface area contributed by atoms with E-state index in [1.54, 1.807) is 20.8 Å². The summed E-state index contributed by atoms with van der Waals surface area (Å²) in [6.45, 7) is 4.86. The number of hydrogen-bond acceptors (Lipinski definition) is 5. The number of carbonyl (C=O) groups excluding carboxylic acids is 1. The largest absolute Gasteiger partial charge is 0.523 e. The molecular weight excluding hydrogens is 315 g/mol. The molecular formula is C11H18F3NO5S. The van der Waals surface area contributed by atoms with Gasteiger partial charge >= 0.3 is 21.7 Å². The van der Waals surface area contributed by atoms with Crippen molar-refractivity contribution >= 4 is 16.2 Å². The van der Waals surface area contributed by atoms with Gasteiger partial charge in [0.15, 0.2) is 6.23 Å². The van der Waals surface area contributed by atoms with Crippen molar-refractivity contribution in [2.75, 3.05) is 6.54 Å². The van der Waals surface area contributed by atoms with E-state index >= 15 is 0 Å². The molecule has 1 fully saturated rings. The van der Waals surface area contributed by atoms with E-state index in [1.165, 1.54) is 0 Å². The van der Waals surface area contributed by atoms with E-state index in [4.69, 9.17) is 4.74 Å². The Hall–Kier alpha value is -1.03. The first-order valence-corrected chi connectivity index (χ1v) is 7.73. The van der Waals surface area contributed by atoms with Gasteiger partial charge in [-0.15, -0.1) is 0 Å². The maximum Gasteiger partial charge on any atom is 0.523 e. The van der Waals surface area contributed by atoms with E-state index in [2.05, 4.69) is 4.18 Å². The van der Waals surface area contributed by atoms with Crippen LogP contribution in [0.15, 0.2) is 0 Å². The zero-order valence-electron chi connectivity index (χ0n) is 11.9. The minimum atomic E-state index is -5.76. The molecule has 0 saturated carbocycles. The number of amides is 1. The van der Waals surface area contributed by atoms with Crippen molar-refractivity contribution in [1.29, 1.82) is 0 Å². The Kier molecular flexibility index (Phi) is 5.14. The molecule has 1 unspecified atom stereocenters. The van der Waals surface area contributed by atoms with Gasteiger partial charge < -0.3 is 4.74 Å². The highest BCUT2D eigenvalue weighted by atomic mass is 32.2. The molecule has 1 heterocycles. The van der Waals surface area contributed by atoms with Crippen LogP contribution < -0.4 is 0 Å². The van der Waals surface area contributed by atoms with Crippen LogP contribution in [0.4, 0.5) is 18.0 Å². The van der Waals surface area contributed by atoms with E-state index in [0.29, 0.717) is 12.8 Å². The predicted molar refractivity (Wildman–Crippen MR) is 66.6 cm³/mol. The van der Waals surface area contributed by atoms with Crippen LogP contribution in [0.1, 0.15) is 40.0 Å². The average Bonchev–Trinajstić information content (AvgIpc) is 2.25. The van der Waals surface area contributed by atoms with Crippen LogP contribution in [-0.4, -0.2) is 43.3 Å². The average molecular weight is 333 g/mol. The van der Waals surface area contributed by atoms with E-state index in [1.807, 2.05) is 0 Å². The Bertz CT molecular complexity index is 483. The summed E-state index contributed by atoms with van der Waals surface area (Å²) < 4.78 is 68.3. The second-order valence-electron chi connectivity index (χ2n) is 5.62. The maximum absolute atomic E-state index is 12.3. The Labute approximate surface area is 121 Å². The lowest BCUT2D eigenvalue weighted by Crippen LogP contribution is -2.49. The molecule has 0 aliphatic carbocycles. The third-order valence-electron chi connectivity index (χ3n) is 2.60. The molecule has 0 spiro atoms. The molecule has 1 aliphatic rings. The highest BCUT2D eigenvalue weighted by Gasteiger charge is 2.50. The summed E-state index contributed by atoms with van der Waals surface area (Å²) in [7, 11) is -5.76. The summed E-state index contributed by atoms with van der Waals surface area (Å²) in [6.07, 6.45) is -1.42. The van der Waals surface area contributed by atoms with Crippen molar-refractivity contribution < 1.29 is 35.3 Å². The monoisotopic (exact) mass is 333 g/mol. The van der Waals surface area contributed by atoms with Gasteiger partial charge in [0.25, 0.3) is 0 Å². The highest BCUT2D eigenvalue weighted by Crippen LogP contribution is 2.29. The first-order chi connectivity index (χ1) is 9.33. The Morgan fingerprint density at radius 1 is 1.19 bits per heavy atom. The maximum atomic E-state index is 12.3. The molecule has 1 atom stereocenters.